The van der Waals surface area contributed by atoms with E-state index < -0.39 is 0 Å². The van der Waals surface area contributed by atoms with Gasteiger partial charge in [-0.1, -0.05) is 0 Å². The predicted octanol–water partition coefficient (Wildman–Crippen LogP) is -0.483. The van der Waals surface area contributed by atoms with E-state index in [0.29, 0.717) is 0 Å². The van der Waals surface area contributed by atoms with E-state index in [-0.39, 0.29) is 78.1 Å². The molecule has 0 unspecified atom stereocenters. The van der Waals surface area contributed by atoms with E-state index in [2.05, 4.69) is 0 Å². The van der Waals surface area contributed by atoms with E-state index in [1.54, 1.807) is 0 Å². The van der Waals surface area contributed by atoms with Crippen LogP contribution >= 0.6 is 0 Å². The Morgan fingerprint density at radius 3 is 0.571 bits per heavy atom. The summed E-state index contributed by atoms with van der Waals surface area (Å²) in [7, 11) is 0. The van der Waals surface area contributed by atoms with Crippen molar-refractivity contribution in [1.82, 2.24) is 0 Å². The molecule has 0 bridgehead atoms. The van der Waals surface area contributed by atoms with Crippen molar-refractivity contribution in [3.8, 4) is 0 Å². The van der Waals surface area contributed by atoms with Gasteiger partial charge in [0.25, 0.3) is 0 Å². The summed E-state index contributed by atoms with van der Waals surface area (Å²) >= 11 is 0. The minimum absolute atomic E-state index is 0. The maximum Gasteiger partial charge on any atom is 4.00 e. The van der Waals surface area contributed by atoms with Crippen LogP contribution in [0.5, 0.6) is 0 Å². The minimum atomic E-state index is 0. The molecule has 0 aliphatic rings. The summed E-state index contributed by atoms with van der Waals surface area (Å²) < 4.78 is 0. The Balaban J connectivity index is 0. The average molecular weight is 220 g/mol. The van der Waals surface area contributed by atoms with Crippen molar-refractivity contribution in [1.29, 1.82) is 0 Å². The fourth-order valence-electron chi connectivity index (χ4n) is 0. The number of rotatable bonds is 0. The van der Waals surface area contributed by atoms with Crippen molar-refractivity contribution in [3.63, 3.8) is 0 Å². The molecule has 4 nitrogen and oxygen atoms in total. The summed E-state index contributed by atoms with van der Waals surface area (Å²) in [6.07, 6.45) is 0. The van der Waals surface area contributed by atoms with Gasteiger partial charge in [-0.15, -0.1) is 0 Å². The van der Waals surface area contributed by atoms with Crippen LogP contribution in [-0.4, -0.2) is 0 Å². The van der Waals surface area contributed by atoms with Crippen molar-refractivity contribution in [3.05, 3.63) is 0 Å². The van der Waals surface area contributed by atoms with E-state index in [1.807, 2.05) is 0 Å². The third-order valence-electron chi connectivity index (χ3n) is 0. The number of hydrogen-bond donors (Lipinski definition) is 0. The van der Waals surface area contributed by atoms with Crippen LogP contribution < -0.4 is 0 Å². The fourth-order valence-corrected chi connectivity index (χ4v) is 0. The Morgan fingerprint density at radius 1 is 0.571 bits per heavy atom. The van der Waals surface area contributed by atoms with Gasteiger partial charge in [-0.2, -0.15) is 0 Å². The van der Waals surface area contributed by atoms with E-state index in [1.165, 1.54) is 0 Å². The van der Waals surface area contributed by atoms with Crippen LogP contribution in [0.15, 0.2) is 0 Å². The third-order valence-corrected chi connectivity index (χ3v) is 0. The zero-order valence-electron chi connectivity index (χ0n) is 2.89. The van der Waals surface area contributed by atoms with Crippen LogP contribution in [0, 0.1) is 0 Å². The van der Waals surface area contributed by atoms with E-state index >= 15 is 0 Å². The standard InChI is InChI=1S/Cr.Fe.4O.Ti/q+3;+2;4*-2;+4. The summed E-state index contributed by atoms with van der Waals surface area (Å²) in [4.78, 5) is 0. The van der Waals surface area contributed by atoms with E-state index in [0.717, 1.165) is 0 Å². The van der Waals surface area contributed by atoms with Gasteiger partial charge >= 0.3 is 56.1 Å². The van der Waals surface area contributed by atoms with Gasteiger partial charge in [0.05, 0.1) is 0 Å². The zero-order valence-corrected chi connectivity index (χ0v) is 6.84. The van der Waals surface area contributed by atoms with Crippen molar-refractivity contribution >= 4 is 0 Å². The molecule has 0 fully saturated rings. The summed E-state index contributed by atoms with van der Waals surface area (Å²) in [6.45, 7) is 0. The zero-order chi connectivity index (χ0) is 0. The Morgan fingerprint density at radius 2 is 0.571 bits per heavy atom. The summed E-state index contributed by atoms with van der Waals surface area (Å²) in [5.41, 5.74) is 0. The Labute approximate surface area is 77.8 Å². The van der Waals surface area contributed by atoms with Crippen molar-refractivity contribution in [2.24, 2.45) is 0 Å². The van der Waals surface area contributed by atoms with Gasteiger partial charge in [-0.25, -0.2) is 0 Å². The van der Waals surface area contributed by atoms with Gasteiger partial charge in [0.2, 0.25) is 0 Å². The molecule has 7 heteroatoms. The molecule has 1 radical (unpaired) electrons. The first-order valence-electron chi connectivity index (χ1n) is 0. The van der Waals surface area contributed by atoms with Crippen LogP contribution in [0.1, 0.15) is 0 Å². The quantitative estimate of drug-likeness (QED) is 0.490. The SMILES string of the molecule is [Cr+3].[Fe+2].[O-2].[O-2].[O-2].[O-2].[Ti+4]. The largest absolute Gasteiger partial charge is 4.00 e. The summed E-state index contributed by atoms with van der Waals surface area (Å²) in [5.74, 6) is 0. The molecule has 0 heterocycles. The first-order valence-corrected chi connectivity index (χ1v) is 0. The van der Waals surface area contributed by atoms with Crippen LogP contribution in [0.2, 0.25) is 0 Å². The maximum atomic E-state index is 0. The van der Waals surface area contributed by atoms with Crippen molar-refractivity contribution < 1.29 is 78.1 Å². The first kappa shape index (κ1) is 193. The molecular weight excluding hydrogens is 220 g/mol. The Hall–Kier alpha value is 1.61. The van der Waals surface area contributed by atoms with Crippen LogP contribution in [0.25, 0.3) is 0 Å². The predicted molar refractivity (Wildman–Crippen MR) is 2.75 cm³/mol. The monoisotopic (exact) mass is 220 g/mol. The van der Waals surface area contributed by atoms with E-state index in [4.69, 9.17) is 0 Å². The molecule has 0 saturated carbocycles. The molecule has 41 valence electrons. The molecule has 0 aromatic rings. The van der Waals surface area contributed by atoms with Gasteiger partial charge in [0.1, 0.15) is 0 Å². The van der Waals surface area contributed by atoms with Crippen LogP contribution in [0.4, 0.5) is 0 Å². The average Bonchev–Trinajstić information content (AvgIpc) is 0. The molecule has 0 rings (SSSR count). The number of hydrogen-bond acceptors (Lipinski definition) is 0. The molecule has 0 N–H and O–H groups in total. The fraction of sp³-hybridized carbons (Fsp3) is 0. The molecule has 0 spiro atoms. The molecular formula is CrFeO4Ti+. The second-order valence-corrected chi connectivity index (χ2v) is 0. The second kappa shape index (κ2) is 129. The van der Waals surface area contributed by atoms with Gasteiger partial charge in [-0.3, -0.25) is 0 Å². The molecule has 0 amide bonds. The summed E-state index contributed by atoms with van der Waals surface area (Å²) in [5, 5.41) is 0. The Kier molecular flexibility index (Phi) is 3550. The normalized spacial score (nSPS) is 0. The topological polar surface area (TPSA) is 114 Å². The molecule has 0 saturated heterocycles. The maximum absolute atomic E-state index is 0. The van der Waals surface area contributed by atoms with Gasteiger partial charge in [-0.05, 0) is 0 Å². The van der Waals surface area contributed by atoms with E-state index in [9.17, 15) is 0 Å². The molecule has 0 aromatic carbocycles. The third kappa shape index (κ3) is 92.7. The molecule has 0 atom stereocenters. The van der Waals surface area contributed by atoms with Gasteiger partial charge in [0, 0.05) is 0 Å². The van der Waals surface area contributed by atoms with Crippen molar-refractivity contribution in [2.75, 3.05) is 0 Å². The summed E-state index contributed by atoms with van der Waals surface area (Å²) in [6, 6.07) is 0. The molecule has 0 aliphatic carbocycles. The first-order chi connectivity index (χ1) is 0. The van der Waals surface area contributed by atoms with Crippen molar-refractivity contribution in [2.45, 2.75) is 0 Å². The smallest absolute Gasteiger partial charge is 2.00 e. The molecule has 0 aliphatic heterocycles. The van der Waals surface area contributed by atoms with Gasteiger partial charge < -0.3 is 21.9 Å². The minimum Gasteiger partial charge on any atom is -2.00 e. The van der Waals surface area contributed by atoms with Crippen LogP contribution in [-0.2, 0) is 78.1 Å². The molecule has 0 aromatic heterocycles. The Bertz CT molecular complexity index is 11.7. The molecule has 7 heavy (non-hydrogen) atoms. The van der Waals surface area contributed by atoms with Crippen LogP contribution in [0.3, 0.4) is 0 Å². The second-order valence-electron chi connectivity index (χ2n) is 0. The van der Waals surface area contributed by atoms with Gasteiger partial charge in [0.15, 0.2) is 0 Å².